The first-order chi connectivity index (χ1) is 9.06. The number of rotatable bonds is 4. The Labute approximate surface area is 112 Å². The maximum absolute atomic E-state index is 11.9. The molecule has 0 aliphatic heterocycles. The van der Waals surface area contributed by atoms with Crippen molar-refractivity contribution in [2.45, 2.75) is 26.7 Å². The van der Waals surface area contributed by atoms with Crippen LogP contribution in [0.1, 0.15) is 36.5 Å². The largest absolute Gasteiger partial charge is 0.506 e. The fraction of sp³-hybridized carbons (Fsp3) is 0.333. The van der Waals surface area contributed by atoms with Gasteiger partial charge in [-0.1, -0.05) is 31.0 Å². The number of aliphatic hydroxyl groups excluding tert-OH is 1. The van der Waals surface area contributed by atoms with Crippen LogP contribution in [0.4, 0.5) is 0 Å². The van der Waals surface area contributed by atoms with E-state index in [1.54, 1.807) is 12.1 Å². The lowest BCUT2D eigenvalue weighted by molar-refractivity contribution is -0.138. The molecule has 0 bridgehead atoms. The molecule has 1 aromatic rings. The van der Waals surface area contributed by atoms with Gasteiger partial charge in [-0.05, 0) is 19.4 Å². The Kier molecular flexibility index (Phi) is 3.69. The Morgan fingerprint density at radius 2 is 2.11 bits per heavy atom. The van der Waals surface area contributed by atoms with E-state index < -0.39 is 5.97 Å². The van der Waals surface area contributed by atoms with Crippen molar-refractivity contribution in [3.8, 4) is 0 Å². The van der Waals surface area contributed by atoms with Crippen LogP contribution in [0.3, 0.4) is 0 Å². The van der Waals surface area contributed by atoms with Crippen LogP contribution in [0.5, 0.6) is 0 Å². The zero-order valence-electron chi connectivity index (χ0n) is 11.1. The molecular formula is C15H17NO3. The first kappa shape index (κ1) is 13.3. The van der Waals surface area contributed by atoms with Crippen molar-refractivity contribution in [1.29, 1.82) is 5.41 Å². The van der Waals surface area contributed by atoms with Crippen LogP contribution in [0.2, 0.25) is 0 Å². The van der Waals surface area contributed by atoms with Gasteiger partial charge in [0.25, 0.3) is 0 Å². The van der Waals surface area contributed by atoms with Crippen molar-refractivity contribution >= 4 is 17.4 Å². The van der Waals surface area contributed by atoms with Crippen molar-refractivity contribution in [3.05, 3.63) is 40.5 Å². The number of hydrogen-bond acceptors (Lipinski definition) is 4. The molecule has 0 spiro atoms. The minimum atomic E-state index is -0.621. The number of fused-ring (bicyclic) bond motifs is 1. The summed E-state index contributed by atoms with van der Waals surface area (Å²) in [6, 6.07) is 5.37. The Morgan fingerprint density at radius 3 is 2.79 bits per heavy atom. The molecule has 0 aromatic heterocycles. The van der Waals surface area contributed by atoms with Crippen LogP contribution in [-0.4, -0.2) is 23.4 Å². The summed E-state index contributed by atoms with van der Waals surface area (Å²) in [6.45, 7) is 4.21. The maximum atomic E-state index is 11.9. The van der Waals surface area contributed by atoms with E-state index in [4.69, 9.17) is 10.1 Å². The van der Waals surface area contributed by atoms with E-state index in [1.807, 2.05) is 19.9 Å². The highest BCUT2D eigenvalue weighted by molar-refractivity contribution is 6.33. The number of unbranched alkanes of at least 4 members (excludes halogenated alkanes) is 1. The summed E-state index contributed by atoms with van der Waals surface area (Å²) in [4.78, 5) is 11.9. The van der Waals surface area contributed by atoms with Gasteiger partial charge in [0.1, 0.15) is 11.3 Å². The predicted octanol–water partition coefficient (Wildman–Crippen LogP) is 2.99. The average molecular weight is 259 g/mol. The van der Waals surface area contributed by atoms with Gasteiger partial charge in [-0.2, -0.15) is 0 Å². The van der Waals surface area contributed by atoms with Crippen LogP contribution in [0.15, 0.2) is 23.8 Å². The van der Waals surface area contributed by atoms with E-state index in [-0.39, 0.29) is 17.0 Å². The molecule has 100 valence electrons. The molecule has 0 saturated heterocycles. The molecule has 0 atom stereocenters. The van der Waals surface area contributed by atoms with Gasteiger partial charge in [0.05, 0.1) is 12.3 Å². The van der Waals surface area contributed by atoms with Gasteiger partial charge in [-0.25, -0.2) is 4.79 Å². The molecule has 0 saturated carbocycles. The number of carbonyl (C=O) groups excluding carboxylic acids is 1. The number of ether oxygens (including phenoxy) is 1. The molecule has 0 amide bonds. The molecule has 0 radical (unpaired) electrons. The highest BCUT2D eigenvalue weighted by Crippen LogP contribution is 2.32. The maximum Gasteiger partial charge on any atom is 0.344 e. The monoisotopic (exact) mass is 259 g/mol. The highest BCUT2D eigenvalue weighted by atomic mass is 16.5. The van der Waals surface area contributed by atoms with Crippen LogP contribution in [-0.2, 0) is 9.53 Å². The summed E-state index contributed by atoms with van der Waals surface area (Å²) >= 11 is 0. The molecule has 2 rings (SSSR count). The summed E-state index contributed by atoms with van der Waals surface area (Å²) in [6.07, 6.45) is 1.70. The molecular weight excluding hydrogens is 242 g/mol. The lowest BCUT2D eigenvalue weighted by atomic mass is 10.1. The molecule has 19 heavy (non-hydrogen) atoms. The lowest BCUT2D eigenvalue weighted by Gasteiger charge is -2.05. The highest BCUT2D eigenvalue weighted by Gasteiger charge is 2.32. The third-order valence-corrected chi connectivity index (χ3v) is 3.12. The third kappa shape index (κ3) is 2.38. The Hall–Kier alpha value is -2.10. The van der Waals surface area contributed by atoms with Crippen molar-refractivity contribution in [3.63, 3.8) is 0 Å². The number of carbonyl (C=O) groups is 1. The number of aryl methyl sites for hydroxylation is 1. The van der Waals surface area contributed by atoms with Gasteiger partial charge in [0.15, 0.2) is 0 Å². The first-order valence-electron chi connectivity index (χ1n) is 6.37. The summed E-state index contributed by atoms with van der Waals surface area (Å²) in [5, 5.41) is 18.1. The number of benzene rings is 1. The number of aliphatic hydroxyl groups is 1. The van der Waals surface area contributed by atoms with Gasteiger partial charge >= 0.3 is 5.97 Å². The van der Waals surface area contributed by atoms with Crippen molar-refractivity contribution in [1.82, 2.24) is 0 Å². The second-order valence-corrected chi connectivity index (χ2v) is 4.64. The molecule has 1 aromatic carbocycles. The molecule has 4 nitrogen and oxygen atoms in total. The van der Waals surface area contributed by atoms with Crippen LogP contribution < -0.4 is 0 Å². The lowest BCUT2D eigenvalue weighted by Crippen LogP contribution is -2.14. The summed E-state index contributed by atoms with van der Waals surface area (Å²) < 4.78 is 5.07. The molecule has 2 N–H and O–H groups in total. The summed E-state index contributed by atoms with van der Waals surface area (Å²) in [5.74, 6) is -0.769. The van der Waals surface area contributed by atoms with Gasteiger partial charge in [-0.15, -0.1) is 0 Å². The van der Waals surface area contributed by atoms with Crippen LogP contribution in [0.25, 0.3) is 5.76 Å². The zero-order valence-corrected chi connectivity index (χ0v) is 11.1. The van der Waals surface area contributed by atoms with Crippen LogP contribution in [0, 0.1) is 12.3 Å². The molecule has 0 heterocycles. The summed E-state index contributed by atoms with van der Waals surface area (Å²) in [5.41, 5.74) is 2.09. The van der Waals surface area contributed by atoms with Crippen molar-refractivity contribution < 1.29 is 14.6 Å². The number of nitrogens with one attached hydrogen (secondary N) is 1. The Morgan fingerprint density at radius 1 is 1.37 bits per heavy atom. The van der Waals surface area contributed by atoms with E-state index in [2.05, 4.69) is 0 Å². The second-order valence-electron chi connectivity index (χ2n) is 4.64. The van der Waals surface area contributed by atoms with Gasteiger partial charge in [-0.3, -0.25) is 5.41 Å². The Balaban J connectivity index is 2.28. The summed E-state index contributed by atoms with van der Waals surface area (Å²) in [7, 11) is 0. The standard InChI is InChI=1S/C15H17NO3/c1-3-4-7-19-15(18)12-13(16)10-6-5-9(2)8-11(10)14(12)17/h5-6,8,16-17H,3-4,7H2,1-2H3. The van der Waals surface area contributed by atoms with E-state index in [0.717, 1.165) is 18.4 Å². The minimum absolute atomic E-state index is 0.0308. The zero-order chi connectivity index (χ0) is 14.0. The minimum Gasteiger partial charge on any atom is -0.506 e. The fourth-order valence-electron chi connectivity index (χ4n) is 2.04. The number of hydrogen-bond donors (Lipinski definition) is 2. The first-order valence-corrected chi connectivity index (χ1v) is 6.37. The smallest absolute Gasteiger partial charge is 0.344 e. The average Bonchev–Trinajstić information content (AvgIpc) is 2.62. The third-order valence-electron chi connectivity index (χ3n) is 3.12. The van der Waals surface area contributed by atoms with Gasteiger partial charge in [0.2, 0.25) is 0 Å². The topological polar surface area (TPSA) is 70.4 Å². The Bertz CT molecular complexity index is 573. The van der Waals surface area contributed by atoms with E-state index in [9.17, 15) is 9.90 Å². The van der Waals surface area contributed by atoms with E-state index in [1.165, 1.54) is 0 Å². The molecule has 1 aliphatic rings. The SMILES string of the molecule is CCCCOC(=O)C1=C(O)c2cc(C)ccc2C1=N. The second kappa shape index (κ2) is 5.26. The van der Waals surface area contributed by atoms with E-state index in [0.29, 0.717) is 17.7 Å². The fourth-order valence-corrected chi connectivity index (χ4v) is 2.04. The quantitative estimate of drug-likeness (QED) is 0.645. The van der Waals surface area contributed by atoms with Crippen molar-refractivity contribution in [2.75, 3.05) is 6.61 Å². The molecule has 1 aliphatic carbocycles. The normalized spacial score (nSPS) is 13.7. The van der Waals surface area contributed by atoms with Gasteiger partial charge < -0.3 is 9.84 Å². The predicted molar refractivity (Wildman–Crippen MR) is 73.4 cm³/mol. The van der Waals surface area contributed by atoms with Crippen molar-refractivity contribution in [2.24, 2.45) is 0 Å². The van der Waals surface area contributed by atoms with Gasteiger partial charge in [0, 0.05) is 11.1 Å². The number of esters is 1. The molecule has 4 heteroatoms. The molecule has 0 fully saturated rings. The van der Waals surface area contributed by atoms with E-state index >= 15 is 0 Å². The van der Waals surface area contributed by atoms with Crippen LogP contribution >= 0.6 is 0 Å². The molecule has 0 unspecified atom stereocenters.